The van der Waals surface area contributed by atoms with E-state index in [0.29, 0.717) is 30.4 Å². The van der Waals surface area contributed by atoms with Crippen LogP contribution in [0.3, 0.4) is 0 Å². The number of carbonyl (C=O) groups is 2. The molecule has 1 aliphatic heterocycles. The molecule has 1 aromatic carbocycles. The molecule has 27 heavy (non-hydrogen) atoms. The van der Waals surface area contributed by atoms with Gasteiger partial charge >= 0.3 is 5.97 Å². The highest BCUT2D eigenvalue weighted by Gasteiger charge is 2.48. The first kappa shape index (κ1) is 19.9. The smallest absolute Gasteiger partial charge is 0.308 e. The van der Waals surface area contributed by atoms with Gasteiger partial charge in [0.1, 0.15) is 22.9 Å². The van der Waals surface area contributed by atoms with E-state index in [1.165, 1.54) is 6.92 Å². The average molecular weight is 373 g/mol. The number of hydrogen-bond acceptors (Lipinski definition) is 4. The number of carbonyl (C=O) groups excluding carboxylic acids is 2. The van der Waals surface area contributed by atoms with Gasteiger partial charge in [0.15, 0.2) is 0 Å². The predicted molar refractivity (Wildman–Crippen MR) is 105 cm³/mol. The average Bonchev–Trinajstić information content (AvgIpc) is 2.53. The van der Waals surface area contributed by atoms with E-state index in [4.69, 9.17) is 9.47 Å². The van der Waals surface area contributed by atoms with Crippen molar-refractivity contribution in [2.24, 2.45) is 11.8 Å². The Morgan fingerprint density at radius 3 is 2.63 bits per heavy atom. The standard InChI is InChI=1S/C23H32O4/c1-7-17(13(2)3)15-10-20(26-14(4)24)22-18-12-16(25)8-9-19(18)23(5,6)27-21(22)11-15/h10-11,13,17-19H,7-9,12H2,1-6H3. The molecule has 0 aromatic heterocycles. The first-order chi connectivity index (χ1) is 12.6. The van der Waals surface area contributed by atoms with Crippen LogP contribution < -0.4 is 9.47 Å². The van der Waals surface area contributed by atoms with E-state index in [0.717, 1.165) is 29.7 Å². The summed E-state index contributed by atoms with van der Waals surface area (Å²) in [6.45, 7) is 12.2. The number of fused-ring (bicyclic) bond motifs is 3. The molecule has 0 N–H and O–H groups in total. The molecule has 4 heteroatoms. The van der Waals surface area contributed by atoms with Gasteiger partial charge in [-0.3, -0.25) is 9.59 Å². The maximum Gasteiger partial charge on any atom is 0.308 e. The summed E-state index contributed by atoms with van der Waals surface area (Å²) >= 11 is 0. The molecule has 148 valence electrons. The quantitative estimate of drug-likeness (QED) is 0.525. The highest BCUT2D eigenvalue weighted by atomic mass is 16.5. The van der Waals surface area contributed by atoms with Crippen LogP contribution in [-0.4, -0.2) is 17.4 Å². The lowest BCUT2D eigenvalue weighted by Gasteiger charge is -2.47. The highest BCUT2D eigenvalue weighted by molar-refractivity contribution is 5.81. The Balaban J connectivity index is 2.18. The van der Waals surface area contributed by atoms with Gasteiger partial charge in [-0.15, -0.1) is 0 Å². The second-order valence-corrected chi connectivity index (χ2v) is 8.98. The third-order valence-corrected chi connectivity index (χ3v) is 6.36. The maximum atomic E-state index is 12.2. The van der Waals surface area contributed by atoms with Crippen LogP contribution in [0.15, 0.2) is 12.1 Å². The number of benzene rings is 1. The molecule has 3 rings (SSSR count). The number of rotatable bonds is 4. The third kappa shape index (κ3) is 3.76. The molecule has 0 amide bonds. The van der Waals surface area contributed by atoms with Crippen LogP contribution >= 0.6 is 0 Å². The lowest BCUT2D eigenvalue weighted by atomic mass is 9.66. The summed E-state index contributed by atoms with van der Waals surface area (Å²) in [6.07, 6.45) is 2.93. The van der Waals surface area contributed by atoms with Crippen LogP contribution in [0, 0.1) is 11.8 Å². The zero-order valence-corrected chi connectivity index (χ0v) is 17.4. The normalized spacial score (nSPS) is 24.6. The van der Waals surface area contributed by atoms with Crippen LogP contribution in [0.2, 0.25) is 0 Å². The summed E-state index contributed by atoms with van der Waals surface area (Å²) in [5, 5.41) is 0. The minimum atomic E-state index is -0.343. The first-order valence-electron chi connectivity index (χ1n) is 10.2. The van der Waals surface area contributed by atoms with E-state index < -0.39 is 0 Å². The highest BCUT2D eigenvalue weighted by Crippen LogP contribution is 2.54. The molecule has 3 unspecified atom stereocenters. The van der Waals surface area contributed by atoms with Gasteiger partial charge in [-0.05, 0) is 56.2 Å². The van der Waals surface area contributed by atoms with Crippen LogP contribution in [0.4, 0.5) is 0 Å². The van der Waals surface area contributed by atoms with Crippen LogP contribution in [0.1, 0.15) is 90.2 Å². The number of esters is 1. The maximum absolute atomic E-state index is 12.2. The molecule has 2 aliphatic rings. The Bertz CT molecular complexity index is 747. The van der Waals surface area contributed by atoms with Crippen molar-refractivity contribution in [1.29, 1.82) is 0 Å². The second-order valence-electron chi connectivity index (χ2n) is 8.98. The molecule has 1 heterocycles. The van der Waals surface area contributed by atoms with Crippen molar-refractivity contribution in [2.75, 3.05) is 0 Å². The molecule has 0 spiro atoms. The summed E-state index contributed by atoms with van der Waals surface area (Å²) < 4.78 is 12.1. The number of Topliss-reactive ketones (excluding diaryl/α,β-unsaturated/α-hetero) is 1. The van der Waals surface area contributed by atoms with Gasteiger partial charge in [-0.1, -0.05) is 20.8 Å². The number of ether oxygens (including phenoxy) is 2. The van der Waals surface area contributed by atoms with E-state index >= 15 is 0 Å². The van der Waals surface area contributed by atoms with Gasteiger partial charge in [0, 0.05) is 37.2 Å². The van der Waals surface area contributed by atoms with E-state index in [1.807, 2.05) is 6.07 Å². The Kier molecular flexibility index (Phi) is 5.38. The van der Waals surface area contributed by atoms with Crippen molar-refractivity contribution < 1.29 is 19.1 Å². The Morgan fingerprint density at radius 1 is 1.33 bits per heavy atom. The van der Waals surface area contributed by atoms with Gasteiger partial charge in [-0.2, -0.15) is 0 Å². The lowest BCUT2D eigenvalue weighted by molar-refractivity contribution is -0.132. The van der Waals surface area contributed by atoms with Crippen LogP contribution in [0.5, 0.6) is 11.5 Å². The van der Waals surface area contributed by atoms with Crippen molar-refractivity contribution in [2.45, 2.75) is 84.7 Å². The molecular weight excluding hydrogens is 340 g/mol. The number of hydrogen-bond donors (Lipinski definition) is 0. The molecule has 1 aromatic rings. The van der Waals surface area contributed by atoms with Crippen molar-refractivity contribution in [3.05, 3.63) is 23.3 Å². The van der Waals surface area contributed by atoms with E-state index in [-0.39, 0.29) is 29.2 Å². The third-order valence-electron chi connectivity index (χ3n) is 6.36. The summed E-state index contributed by atoms with van der Waals surface area (Å²) in [7, 11) is 0. The van der Waals surface area contributed by atoms with Gasteiger partial charge in [0.25, 0.3) is 0 Å². The van der Waals surface area contributed by atoms with Crippen molar-refractivity contribution >= 4 is 11.8 Å². The molecule has 0 bridgehead atoms. The van der Waals surface area contributed by atoms with Crippen molar-refractivity contribution in [1.82, 2.24) is 0 Å². The molecule has 1 aliphatic carbocycles. The lowest BCUT2D eigenvalue weighted by Crippen LogP contribution is -2.47. The molecule has 3 atom stereocenters. The second kappa shape index (κ2) is 7.29. The van der Waals surface area contributed by atoms with E-state index in [1.54, 1.807) is 0 Å². The monoisotopic (exact) mass is 372 g/mol. The molecule has 0 saturated heterocycles. The van der Waals surface area contributed by atoms with E-state index in [9.17, 15) is 9.59 Å². The minimum absolute atomic E-state index is 0.0486. The first-order valence-corrected chi connectivity index (χ1v) is 10.2. The molecule has 0 radical (unpaired) electrons. The number of ketones is 1. The summed E-state index contributed by atoms with van der Waals surface area (Å²) in [5.41, 5.74) is 1.70. The zero-order valence-electron chi connectivity index (χ0n) is 17.4. The van der Waals surface area contributed by atoms with Gasteiger partial charge in [0.2, 0.25) is 0 Å². The van der Waals surface area contributed by atoms with Gasteiger partial charge < -0.3 is 9.47 Å². The van der Waals surface area contributed by atoms with Gasteiger partial charge in [0.05, 0.1) is 0 Å². The zero-order chi connectivity index (χ0) is 19.9. The van der Waals surface area contributed by atoms with E-state index in [2.05, 4.69) is 40.7 Å². The van der Waals surface area contributed by atoms with Crippen molar-refractivity contribution in [3.8, 4) is 11.5 Å². The molecule has 1 fully saturated rings. The summed E-state index contributed by atoms with van der Waals surface area (Å²) in [4.78, 5) is 24.0. The summed E-state index contributed by atoms with van der Waals surface area (Å²) in [6, 6.07) is 4.12. The predicted octanol–water partition coefficient (Wildman–Crippen LogP) is 5.39. The Hall–Kier alpha value is -1.84. The summed E-state index contributed by atoms with van der Waals surface area (Å²) in [5.74, 6) is 2.43. The van der Waals surface area contributed by atoms with Crippen LogP contribution in [-0.2, 0) is 9.59 Å². The molecule has 1 saturated carbocycles. The Labute approximate surface area is 162 Å². The Morgan fingerprint density at radius 2 is 2.04 bits per heavy atom. The van der Waals surface area contributed by atoms with Crippen LogP contribution in [0.25, 0.3) is 0 Å². The van der Waals surface area contributed by atoms with Crippen molar-refractivity contribution in [3.63, 3.8) is 0 Å². The fourth-order valence-electron chi connectivity index (χ4n) is 5.12. The fraction of sp³-hybridized carbons (Fsp3) is 0.652. The topological polar surface area (TPSA) is 52.6 Å². The minimum Gasteiger partial charge on any atom is -0.487 e. The molecular formula is C23H32O4. The molecule has 4 nitrogen and oxygen atoms in total. The fourth-order valence-corrected chi connectivity index (χ4v) is 5.12. The van der Waals surface area contributed by atoms with Gasteiger partial charge in [-0.25, -0.2) is 0 Å². The largest absolute Gasteiger partial charge is 0.487 e. The SMILES string of the molecule is CCC(c1cc(OC(C)=O)c2c(c1)OC(C)(C)C1CCC(=O)CC21)C(C)C.